The van der Waals surface area contributed by atoms with Crippen LogP contribution in [-0.4, -0.2) is 78.0 Å². The Morgan fingerprint density at radius 1 is 1.34 bits per heavy atom. The summed E-state index contributed by atoms with van der Waals surface area (Å²) in [6.07, 6.45) is 0. The number of carbonyl (C=O) groups is 4. The van der Waals surface area contributed by atoms with Gasteiger partial charge in [0.15, 0.2) is 10.8 Å². The number of β-lactam (4-membered cyclic amide) rings is 1. The van der Waals surface area contributed by atoms with Crippen LogP contribution in [-0.2, 0) is 31.1 Å². The van der Waals surface area contributed by atoms with E-state index < -0.39 is 46.5 Å². The van der Waals surface area contributed by atoms with Crippen molar-refractivity contribution in [1.29, 1.82) is 0 Å². The number of aliphatic carboxylic acids is 2. The first-order chi connectivity index (χ1) is 19.2. The zero-order chi connectivity index (χ0) is 30.2. The van der Waals surface area contributed by atoms with Crippen LogP contribution in [0.5, 0.6) is 0 Å². The van der Waals surface area contributed by atoms with E-state index in [0.29, 0.717) is 16.5 Å². The van der Waals surface area contributed by atoms with Gasteiger partial charge < -0.3 is 42.4 Å². The lowest BCUT2D eigenvalue weighted by atomic mass is 10.0. The Labute approximate surface area is 245 Å². The molecule has 1 unspecified atom stereocenters. The standard InChI is InChI=1S/C22H25N9O7S3/c1-22(2,19(36)37)38-29-12(9-7-40-20(25)26-9)15(32)28-13-16(33)31-14(18(34)35)8(5-39-17(13)31)6-41-21-27-10(23)4-11(24)30(21)3/h4,7,13,17H,5-6H2,1-3H3,(H8,23,24,25,26,28,32,34,35,36,37)/b29-12-/t13?,17-/m1/s1. The van der Waals surface area contributed by atoms with Crippen molar-refractivity contribution < 1.29 is 38.8 Å². The van der Waals surface area contributed by atoms with E-state index in [4.69, 9.17) is 22.0 Å². The predicted molar refractivity (Wildman–Crippen MR) is 148 cm³/mol. The number of carboxylic acids is 2. The summed E-state index contributed by atoms with van der Waals surface area (Å²) in [5.74, 6) is -3.51. The van der Waals surface area contributed by atoms with Gasteiger partial charge in [-0.1, -0.05) is 10.1 Å². The number of nitrogens with one attached hydrogen (secondary N) is 1. The largest absolute Gasteiger partial charge is 0.543 e. The van der Waals surface area contributed by atoms with Crippen LogP contribution in [0.4, 0.5) is 16.8 Å². The number of aromatic nitrogens is 3. The summed E-state index contributed by atoms with van der Waals surface area (Å²) in [6, 6.07) is 0.376. The molecule has 2 aliphatic heterocycles. The quantitative estimate of drug-likeness (QED) is 0.0474. The molecule has 0 aliphatic carbocycles. The molecule has 4 heterocycles. The molecule has 16 nitrogen and oxygen atoms in total. The third kappa shape index (κ3) is 6.00. The number of carbonyl (C=O) groups excluding carboxylic acids is 3. The molecule has 0 radical (unpaired) electrons. The van der Waals surface area contributed by atoms with Gasteiger partial charge in [-0.15, -0.1) is 23.1 Å². The van der Waals surface area contributed by atoms with Crippen molar-refractivity contribution in [1.82, 2.24) is 20.2 Å². The lowest BCUT2D eigenvalue weighted by Crippen LogP contribution is -2.71. The van der Waals surface area contributed by atoms with E-state index in [1.165, 1.54) is 48.8 Å². The normalized spacial score (nSPS) is 19.0. The highest BCUT2D eigenvalue weighted by molar-refractivity contribution is 8.01. The van der Waals surface area contributed by atoms with Gasteiger partial charge in [-0.25, -0.2) is 14.3 Å². The van der Waals surface area contributed by atoms with Gasteiger partial charge in [0.1, 0.15) is 17.1 Å². The van der Waals surface area contributed by atoms with Crippen molar-refractivity contribution in [2.45, 2.75) is 36.0 Å². The molecule has 2 aromatic heterocycles. The minimum Gasteiger partial charge on any atom is -0.543 e. The van der Waals surface area contributed by atoms with Gasteiger partial charge in [0, 0.05) is 16.9 Å². The second kappa shape index (κ2) is 11.4. The Bertz CT molecular complexity index is 1510. The van der Waals surface area contributed by atoms with E-state index >= 15 is 0 Å². The van der Waals surface area contributed by atoms with Crippen LogP contribution in [0.2, 0.25) is 0 Å². The number of hydrogen-bond acceptors (Lipinski definition) is 15. The molecule has 218 valence electrons. The highest BCUT2D eigenvalue weighted by Crippen LogP contribution is 2.41. The van der Waals surface area contributed by atoms with Gasteiger partial charge in [0.05, 0.1) is 24.8 Å². The van der Waals surface area contributed by atoms with E-state index in [2.05, 4.69) is 20.4 Å². The number of fused-ring (bicyclic) bond motifs is 1. The second-order valence-electron chi connectivity index (χ2n) is 9.25. The molecule has 0 aromatic carbocycles. The molecule has 2 atom stereocenters. The molecular formula is C22H25N9O7S3. The number of nitrogen functional groups attached to an aromatic ring is 3. The van der Waals surface area contributed by atoms with Crippen LogP contribution in [0, 0.1) is 0 Å². The number of carboxylic acid groups (broad SMARTS) is 2. The van der Waals surface area contributed by atoms with Gasteiger partial charge in [0.25, 0.3) is 11.8 Å². The molecule has 2 aromatic rings. The summed E-state index contributed by atoms with van der Waals surface area (Å²) >= 11 is 3.44. The van der Waals surface area contributed by atoms with E-state index in [-0.39, 0.29) is 33.8 Å². The Balaban J connectivity index is 1.53. The van der Waals surface area contributed by atoms with E-state index in [1.807, 2.05) is 0 Å². The van der Waals surface area contributed by atoms with Crippen molar-refractivity contribution in [3.05, 3.63) is 28.4 Å². The molecule has 8 N–H and O–H groups in total. The minimum atomic E-state index is -1.78. The van der Waals surface area contributed by atoms with Crippen molar-refractivity contribution in [3.63, 3.8) is 0 Å². The number of thioether (sulfide) groups is 2. The van der Waals surface area contributed by atoms with Crippen LogP contribution in [0.15, 0.2) is 33.0 Å². The summed E-state index contributed by atoms with van der Waals surface area (Å²) in [6.45, 7) is 2.47. The first kappa shape index (κ1) is 29.9. The number of amides is 2. The maximum absolute atomic E-state index is 13.2. The van der Waals surface area contributed by atoms with Crippen LogP contribution in [0.1, 0.15) is 19.5 Å². The molecule has 1 saturated heterocycles. The fraction of sp³-hybridized carbons (Fsp3) is 0.364. The molecule has 41 heavy (non-hydrogen) atoms. The Hall–Kier alpha value is -4.10. The second-order valence-corrected chi connectivity index (χ2v) is 12.2. The molecule has 19 heteroatoms. The van der Waals surface area contributed by atoms with Gasteiger partial charge in [-0.3, -0.25) is 14.5 Å². The smallest absolute Gasteiger partial charge is 0.350 e. The lowest BCUT2D eigenvalue weighted by Gasteiger charge is -2.50. The van der Waals surface area contributed by atoms with Crippen LogP contribution in [0.25, 0.3) is 0 Å². The van der Waals surface area contributed by atoms with Crippen molar-refractivity contribution >= 4 is 81.1 Å². The molecule has 0 saturated carbocycles. The summed E-state index contributed by atoms with van der Waals surface area (Å²) in [5, 5.41) is 28.9. The van der Waals surface area contributed by atoms with Crippen molar-refractivity contribution in [2.75, 3.05) is 28.7 Å². The number of rotatable bonds is 10. The minimum absolute atomic E-state index is 0.00436. The molecule has 2 aliphatic rings. The predicted octanol–water partition coefficient (Wildman–Crippen LogP) is -2.11. The topological polar surface area (TPSA) is 256 Å². The number of nitrogens with two attached hydrogens (primary N) is 3. The Kier molecular flexibility index (Phi) is 8.31. The van der Waals surface area contributed by atoms with E-state index in [0.717, 1.165) is 16.2 Å². The summed E-state index contributed by atoms with van der Waals surface area (Å²) in [4.78, 5) is 64.2. The van der Waals surface area contributed by atoms with Crippen molar-refractivity contribution in [2.24, 2.45) is 12.2 Å². The fourth-order valence-corrected chi connectivity index (χ4v) is 6.68. The number of hydrogen-bond donors (Lipinski definition) is 5. The maximum Gasteiger partial charge on any atom is 0.350 e. The van der Waals surface area contributed by atoms with E-state index in [1.54, 1.807) is 11.6 Å². The lowest BCUT2D eigenvalue weighted by molar-refractivity contribution is -0.698. The summed E-state index contributed by atoms with van der Waals surface area (Å²) in [7, 11) is 1.68. The average Bonchev–Trinajstić information content (AvgIpc) is 3.33. The summed E-state index contributed by atoms with van der Waals surface area (Å²) in [5.41, 5.74) is 15.3. The Morgan fingerprint density at radius 2 is 2.05 bits per heavy atom. The van der Waals surface area contributed by atoms with Crippen molar-refractivity contribution in [3.8, 4) is 0 Å². The van der Waals surface area contributed by atoms with E-state index in [9.17, 15) is 29.4 Å². The highest BCUT2D eigenvalue weighted by Gasteiger charge is 2.53. The van der Waals surface area contributed by atoms with Gasteiger partial charge in [0.2, 0.25) is 17.2 Å². The van der Waals surface area contributed by atoms with Gasteiger partial charge >= 0.3 is 11.1 Å². The third-order valence-corrected chi connectivity index (χ3v) is 9.09. The molecule has 0 bridgehead atoms. The van der Waals surface area contributed by atoms with Gasteiger partial charge in [-0.05, 0) is 31.2 Å². The zero-order valence-electron chi connectivity index (χ0n) is 21.8. The number of thiazole rings is 1. The van der Waals surface area contributed by atoms with Crippen LogP contribution in [0.3, 0.4) is 0 Å². The number of oxime groups is 1. The number of nitrogens with zero attached hydrogens (tertiary/aromatic N) is 5. The fourth-order valence-electron chi connectivity index (χ4n) is 3.65. The molecule has 2 amide bonds. The maximum atomic E-state index is 13.2. The number of anilines is 3. The zero-order valence-corrected chi connectivity index (χ0v) is 24.3. The molecule has 4 rings (SSSR count). The van der Waals surface area contributed by atoms with Gasteiger partial charge in [-0.2, -0.15) is 0 Å². The van der Waals surface area contributed by atoms with Crippen LogP contribution >= 0.6 is 34.9 Å². The summed E-state index contributed by atoms with van der Waals surface area (Å²) < 4.78 is 1.59. The third-order valence-electron chi connectivity index (χ3n) is 5.96. The average molecular weight is 624 g/mol. The van der Waals surface area contributed by atoms with Crippen LogP contribution < -0.4 is 32.2 Å². The SMILES string of the molecule is C[n+]1c(N)cc(N)nc1SCC1=C(C(=O)[O-])N2C(=O)C(NC(=O)/C(=N\OC(C)(C)C(=O)O)c3csc(N)n3)[C@H]2SC1. The molecule has 1 fully saturated rings. The molecular weight excluding hydrogens is 598 g/mol. The highest BCUT2D eigenvalue weighted by atomic mass is 32.2. The molecule has 0 spiro atoms. The first-order valence-electron chi connectivity index (χ1n) is 11.7. The monoisotopic (exact) mass is 623 g/mol. The first-order valence-corrected chi connectivity index (χ1v) is 14.6. The Morgan fingerprint density at radius 3 is 2.66 bits per heavy atom.